The zero-order chi connectivity index (χ0) is 25.5. The van der Waals surface area contributed by atoms with E-state index in [2.05, 4.69) is 20.1 Å². The summed E-state index contributed by atoms with van der Waals surface area (Å²) in [6.45, 7) is 6.08. The fraction of sp³-hybridized carbons (Fsp3) is 0.654. The minimum Gasteiger partial charge on any atom is -0.379 e. The maximum absolute atomic E-state index is 13.6. The molecule has 202 valence electrons. The molecule has 0 unspecified atom stereocenters. The summed E-state index contributed by atoms with van der Waals surface area (Å²) in [6, 6.07) is 4.20. The summed E-state index contributed by atoms with van der Waals surface area (Å²) in [5.41, 5.74) is 0. The number of thioether (sulfide) groups is 1. The van der Waals surface area contributed by atoms with E-state index in [1.165, 1.54) is 30.6 Å². The predicted octanol–water partition coefficient (Wildman–Crippen LogP) is 5.10. The number of hydrogen-bond acceptors (Lipinski definition) is 8. The number of urea groups is 1. The van der Waals surface area contributed by atoms with Crippen LogP contribution in [0.1, 0.15) is 54.6 Å². The molecule has 0 aromatic carbocycles. The molecule has 3 aliphatic rings. The quantitative estimate of drug-likeness (QED) is 0.451. The molecule has 8 nitrogen and oxygen atoms in total. The number of thiophene rings is 1. The molecule has 4 heterocycles. The van der Waals surface area contributed by atoms with Crippen molar-refractivity contribution in [2.24, 2.45) is 0 Å². The van der Waals surface area contributed by atoms with Crippen molar-refractivity contribution in [1.29, 1.82) is 0 Å². The zero-order valence-electron chi connectivity index (χ0n) is 21.3. The smallest absolute Gasteiger partial charge is 0.324 e. The number of thiazole rings is 1. The van der Waals surface area contributed by atoms with Crippen LogP contribution >= 0.6 is 34.4 Å². The van der Waals surface area contributed by atoms with Crippen LogP contribution in [0.3, 0.4) is 0 Å². The van der Waals surface area contributed by atoms with Crippen molar-refractivity contribution in [3.63, 3.8) is 0 Å². The monoisotopic (exact) mass is 563 g/mol. The van der Waals surface area contributed by atoms with Gasteiger partial charge in [0.15, 0.2) is 5.13 Å². The molecule has 0 bridgehead atoms. The van der Waals surface area contributed by atoms with Crippen molar-refractivity contribution in [3.8, 4) is 0 Å². The topological polar surface area (TPSA) is 78.0 Å². The summed E-state index contributed by atoms with van der Waals surface area (Å²) < 4.78 is 6.56. The number of carbonyl (C=O) groups is 2. The standard InChI is InChI=1S/C26H37N5O3S3/c32-24(22-7-4-17-35-22)30-10-8-21(9-11-30)31(20-5-2-1-3-6-20)26(33)28-25-27-19-23(37-25)36-18-14-29-12-15-34-16-13-29/h4,7,17,19-21H,1-3,5-6,8-16,18H2,(H,27,28,33). The molecule has 0 spiro atoms. The second kappa shape index (κ2) is 13.4. The van der Waals surface area contributed by atoms with Crippen LogP contribution in [-0.4, -0.2) is 95.4 Å². The van der Waals surface area contributed by atoms with Gasteiger partial charge in [-0.1, -0.05) is 36.7 Å². The van der Waals surface area contributed by atoms with Crippen LogP contribution < -0.4 is 5.32 Å². The van der Waals surface area contributed by atoms with E-state index in [1.54, 1.807) is 23.1 Å². The molecule has 1 N–H and O–H groups in total. The Morgan fingerprint density at radius 3 is 2.57 bits per heavy atom. The molecule has 0 radical (unpaired) electrons. The highest BCUT2D eigenvalue weighted by molar-refractivity contribution is 8.01. The average Bonchev–Trinajstić information content (AvgIpc) is 3.63. The summed E-state index contributed by atoms with van der Waals surface area (Å²) in [7, 11) is 0. The number of nitrogens with zero attached hydrogens (tertiary/aromatic N) is 4. The van der Waals surface area contributed by atoms with E-state index < -0.39 is 0 Å². The molecule has 0 atom stereocenters. The molecule has 2 aromatic heterocycles. The molecule has 11 heteroatoms. The number of likely N-dealkylation sites (tertiary alicyclic amines) is 1. The van der Waals surface area contributed by atoms with Crippen molar-refractivity contribution in [3.05, 3.63) is 28.6 Å². The second-order valence-corrected chi connectivity index (χ2v) is 13.3. The van der Waals surface area contributed by atoms with Crippen molar-refractivity contribution in [2.75, 3.05) is 57.0 Å². The number of amides is 3. The van der Waals surface area contributed by atoms with Gasteiger partial charge in [-0.05, 0) is 37.1 Å². The van der Waals surface area contributed by atoms with E-state index in [0.717, 1.165) is 73.4 Å². The molecule has 2 saturated heterocycles. The molecule has 2 aliphatic heterocycles. The van der Waals surface area contributed by atoms with E-state index in [1.807, 2.05) is 28.6 Å². The van der Waals surface area contributed by atoms with Crippen molar-refractivity contribution >= 4 is 51.5 Å². The summed E-state index contributed by atoms with van der Waals surface area (Å²) >= 11 is 4.85. The summed E-state index contributed by atoms with van der Waals surface area (Å²) in [5.74, 6) is 1.12. The van der Waals surface area contributed by atoms with Gasteiger partial charge in [0.1, 0.15) is 0 Å². The van der Waals surface area contributed by atoms with Crippen molar-refractivity contribution in [1.82, 2.24) is 19.7 Å². The highest BCUT2D eigenvalue weighted by Gasteiger charge is 2.35. The fourth-order valence-electron chi connectivity index (χ4n) is 5.53. The number of nitrogens with one attached hydrogen (secondary N) is 1. The first-order chi connectivity index (χ1) is 18.2. The molecule has 37 heavy (non-hydrogen) atoms. The predicted molar refractivity (Wildman–Crippen MR) is 151 cm³/mol. The number of carbonyl (C=O) groups excluding carboxylic acids is 2. The maximum Gasteiger partial charge on any atom is 0.324 e. The number of piperidine rings is 1. The minimum absolute atomic E-state index is 0.0332. The Bertz CT molecular complexity index is 997. The van der Waals surface area contributed by atoms with Gasteiger partial charge in [0.05, 0.1) is 28.5 Å². The number of morpholine rings is 1. The van der Waals surface area contributed by atoms with Gasteiger partial charge in [-0.25, -0.2) is 9.78 Å². The van der Waals surface area contributed by atoms with Crippen molar-refractivity contribution < 1.29 is 14.3 Å². The molecule has 5 rings (SSSR count). The van der Waals surface area contributed by atoms with Crippen molar-refractivity contribution in [2.45, 2.75) is 61.2 Å². The SMILES string of the molecule is O=C(c1cccs1)N1CCC(N(C(=O)Nc2ncc(SCCN3CCOCC3)s2)C2CCCCC2)CC1. The number of hydrogen-bond donors (Lipinski definition) is 1. The molecule has 2 aromatic rings. The van der Waals surface area contributed by atoms with Gasteiger partial charge in [0.25, 0.3) is 5.91 Å². The highest BCUT2D eigenvalue weighted by Crippen LogP contribution is 2.32. The summed E-state index contributed by atoms with van der Waals surface area (Å²) in [4.78, 5) is 38.2. The van der Waals surface area contributed by atoms with Gasteiger partial charge in [-0.2, -0.15) is 0 Å². The van der Waals surface area contributed by atoms with Gasteiger partial charge in [-0.15, -0.1) is 23.1 Å². The van der Waals surface area contributed by atoms with Gasteiger partial charge in [0, 0.05) is 50.6 Å². The summed E-state index contributed by atoms with van der Waals surface area (Å²) in [5, 5.41) is 5.75. The molecular weight excluding hydrogens is 527 g/mol. The third-order valence-electron chi connectivity index (χ3n) is 7.53. The third kappa shape index (κ3) is 7.26. The van der Waals surface area contributed by atoms with Crippen LogP contribution in [0.15, 0.2) is 27.9 Å². The molecule has 3 amide bonds. The first-order valence-corrected chi connectivity index (χ1v) is 16.2. The first kappa shape index (κ1) is 26.9. The molecule has 1 aliphatic carbocycles. The zero-order valence-corrected chi connectivity index (χ0v) is 23.8. The maximum atomic E-state index is 13.6. The lowest BCUT2D eigenvalue weighted by Gasteiger charge is -2.43. The van der Waals surface area contributed by atoms with E-state index in [4.69, 9.17) is 4.74 Å². The minimum atomic E-state index is -0.0332. The third-order valence-corrected chi connectivity index (χ3v) is 10.5. The van der Waals surface area contributed by atoms with Crippen LogP contribution in [0.2, 0.25) is 0 Å². The van der Waals surface area contributed by atoms with Crippen LogP contribution in [0.4, 0.5) is 9.93 Å². The largest absolute Gasteiger partial charge is 0.379 e. The average molecular weight is 564 g/mol. The van der Waals surface area contributed by atoms with Crippen LogP contribution in [-0.2, 0) is 4.74 Å². The number of ether oxygens (including phenoxy) is 1. The Kier molecular flexibility index (Phi) is 9.76. The highest BCUT2D eigenvalue weighted by atomic mass is 32.2. The lowest BCUT2D eigenvalue weighted by atomic mass is 9.91. The van der Waals surface area contributed by atoms with E-state index >= 15 is 0 Å². The van der Waals surface area contributed by atoms with Gasteiger partial charge in [0.2, 0.25) is 0 Å². The Morgan fingerprint density at radius 1 is 1.08 bits per heavy atom. The summed E-state index contributed by atoms with van der Waals surface area (Å²) in [6.07, 6.45) is 9.23. The molecule has 1 saturated carbocycles. The van der Waals surface area contributed by atoms with Gasteiger partial charge in [-0.3, -0.25) is 15.0 Å². The fourth-order valence-corrected chi connectivity index (χ4v) is 8.16. The van der Waals surface area contributed by atoms with Crippen LogP contribution in [0, 0.1) is 0 Å². The number of rotatable bonds is 8. The molecular formula is C26H37N5O3S3. The van der Waals surface area contributed by atoms with Gasteiger partial charge < -0.3 is 14.5 Å². The van der Waals surface area contributed by atoms with Crippen LogP contribution in [0.25, 0.3) is 0 Å². The Morgan fingerprint density at radius 2 is 1.84 bits per heavy atom. The molecule has 3 fully saturated rings. The van der Waals surface area contributed by atoms with E-state index in [0.29, 0.717) is 18.2 Å². The van der Waals surface area contributed by atoms with E-state index in [9.17, 15) is 9.59 Å². The number of anilines is 1. The van der Waals surface area contributed by atoms with E-state index in [-0.39, 0.29) is 24.0 Å². The lowest BCUT2D eigenvalue weighted by molar-refractivity contribution is 0.0410. The number of aromatic nitrogens is 1. The van der Waals surface area contributed by atoms with Crippen LogP contribution in [0.5, 0.6) is 0 Å². The first-order valence-electron chi connectivity index (χ1n) is 13.5. The second-order valence-electron chi connectivity index (χ2n) is 9.92. The normalized spacial score (nSPS) is 20.2. The van der Waals surface area contributed by atoms with Gasteiger partial charge >= 0.3 is 6.03 Å². The Labute approximate surface area is 231 Å². The Hall–Kier alpha value is -1.66. The lowest BCUT2D eigenvalue weighted by Crippen LogP contribution is -2.54. The Balaban J connectivity index is 1.16.